The van der Waals surface area contributed by atoms with E-state index in [1.54, 1.807) is 11.8 Å². The molecule has 0 spiro atoms. The Morgan fingerprint density at radius 1 is 1.25 bits per heavy atom. The number of anilines is 1. The Hall–Kier alpha value is -1.39. The van der Waals surface area contributed by atoms with Gasteiger partial charge in [-0.3, -0.25) is 14.6 Å². The number of rotatable bonds is 2. The summed E-state index contributed by atoms with van der Waals surface area (Å²) in [6.45, 7) is 1.78. The van der Waals surface area contributed by atoms with Crippen LogP contribution in [0.5, 0.6) is 0 Å². The van der Waals surface area contributed by atoms with Crippen molar-refractivity contribution in [2.75, 3.05) is 19.0 Å². The highest BCUT2D eigenvalue weighted by Gasteiger charge is 2.39. The molecule has 1 amide bonds. The predicted molar refractivity (Wildman–Crippen MR) is 62.0 cm³/mol. The number of carbonyl (C=O) groups excluding carboxylic acids is 1. The smallest absolute Gasteiger partial charge is 0.259 e. The molecule has 0 bridgehead atoms. The second-order valence-corrected chi connectivity index (χ2v) is 4.11. The Balaban J connectivity index is 2.33. The molecule has 1 unspecified atom stereocenters. The summed E-state index contributed by atoms with van der Waals surface area (Å²) in [5.74, 6) is 0.00454. The molecule has 1 fully saturated rings. The van der Waals surface area contributed by atoms with Crippen LogP contribution in [-0.2, 0) is 9.53 Å². The Kier molecular flexibility index (Phi) is 2.94. The van der Waals surface area contributed by atoms with Gasteiger partial charge in [-0.15, -0.1) is 0 Å². The molecule has 1 aromatic rings. The van der Waals surface area contributed by atoms with E-state index in [0.29, 0.717) is 0 Å². The maximum absolute atomic E-state index is 12.0. The van der Waals surface area contributed by atoms with E-state index in [9.17, 15) is 4.79 Å². The van der Waals surface area contributed by atoms with Crippen molar-refractivity contribution in [2.24, 2.45) is 0 Å². The van der Waals surface area contributed by atoms with Gasteiger partial charge in [-0.1, -0.05) is 18.2 Å². The van der Waals surface area contributed by atoms with E-state index < -0.39 is 0 Å². The van der Waals surface area contributed by atoms with Crippen LogP contribution >= 0.6 is 0 Å². The number of ether oxygens (including phenoxy) is 1. The summed E-state index contributed by atoms with van der Waals surface area (Å²) in [5, 5.41) is 0. The number of para-hydroxylation sites is 1. The summed E-state index contributed by atoms with van der Waals surface area (Å²) < 4.78 is 5.60. The van der Waals surface area contributed by atoms with Gasteiger partial charge in [-0.05, 0) is 33.2 Å². The molecule has 4 heteroatoms. The van der Waals surface area contributed by atoms with Crippen LogP contribution in [0.3, 0.4) is 0 Å². The molecule has 4 nitrogen and oxygen atoms in total. The first-order valence-electron chi connectivity index (χ1n) is 5.31. The first-order valence-corrected chi connectivity index (χ1v) is 5.31. The second kappa shape index (κ2) is 4.23. The largest absolute Gasteiger partial charge is 0.332 e. The summed E-state index contributed by atoms with van der Waals surface area (Å²) in [6, 6.07) is 9.58. The Morgan fingerprint density at radius 3 is 2.44 bits per heavy atom. The average molecular weight is 220 g/mol. The quantitative estimate of drug-likeness (QED) is 0.752. The number of carbonyl (C=O) groups is 1. The van der Waals surface area contributed by atoms with Crippen LogP contribution in [0.4, 0.5) is 5.69 Å². The van der Waals surface area contributed by atoms with Gasteiger partial charge in [0.15, 0.2) is 6.35 Å². The summed E-state index contributed by atoms with van der Waals surface area (Å²) in [6.07, 6.45) is -0.697. The van der Waals surface area contributed by atoms with Gasteiger partial charge < -0.3 is 4.74 Å². The van der Waals surface area contributed by atoms with Crippen LogP contribution in [0.2, 0.25) is 0 Å². The molecule has 1 saturated heterocycles. The number of benzene rings is 1. The second-order valence-electron chi connectivity index (χ2n) is 4.11. The van der Waals surface area contributed by atoms with Crippen molar-refractivity contribution in [2.45, 2.75) is 19.4 Å². The number of hydrogen-bond donors (Lipinski definition) is 0. The molecule has 2 rings (SSSR count). The summed E-state index contributed by atoms with van der Waals surface area (Å²) in [5.41, 5.74) is 0.871. The van der Waals surface area contributed by atoms with E-state index >= 15 is 0 Å². The number of nitrogens with zero attached hydrogens (tertiary/aromatic N) is 2. The van der Waals surface area contributed by atoms with E-state index in [1.807, 2.05) is 49.3 Å². The van der Waals surface area contributed by atoms with Crippen LogP contribution in [0.15, 0.2) is 30.3 Å². The summed E-state index contributed by atoms with van der Waals surface area (Å²) in [7, 11) is 3.79. The van der Waals surface area contributed by atoms with Gasteiger partial charge >= 0.3 is 0 Å². The van der Waals surface area contributed by atoms with Gasteiger partial charge in [-0.25, -0.2) is 0 Å². The van der Waals surface area contributed by atoms with Crippen LogP contribution < -0.4 is 4.90 Å². The Labute approximate surface area is 95.4 Å². The van der Waals surface area contributed by atoms with E-state index in [2.05, 4.69) is 0 Å². The molecule has 1 heterocycles. The van der Waals surface area contributed by atoms with Crippen molar-refractivity contribution in [1.29, 1.82) is 0 Å². The molecule has 86 valence electrons. The third kappa shape index (κ3) is 1.81. The van der Waals surface area contributed by atoms with Crippen molar-refractivity contribution in [3.63, 3.8) is 0 Å². The lowest BCUT2D eigenvalue weighted by Crippen LogP contribution is -2.43. The van der Waals surface area contributed by atoms with Gasteiger partial charge in [0.05, 0.1) is 0 Å². The maximum atomic E-state index is 12.0. The van der Waals surface area contributed by atoms with Crippen molar-refractivity contribution < 1.29 is 9.53 Å². The van der Waals surface area contributed by atoms with E-state index in [0.717, 1.165) is 5.69 Å². The zero-order chi connectivity index (χ0) is 11.7. The normalized spacial score (nSPS) is 25.5. The average Bonchev–Trinajstić information content (AvgIpc) is 2.57. The first kappa shape index (κ1) is 11.1. The van der Waals surface area contributed by atoms with Gasteiger partial charge in [0.1, 0.15) is 6.10 Å². The molecular formula is C12H16N2O2. The van der Waals surface area contributed by atoms with Crippen molar-refractivity contribution in [3.8, 4) is 0 Å². The lowest BCUT2D eigenvalue weighted by Gasteiger charge is -2.27. The van der Waals surface area contributed by atoms with E-state index in [1.165, 1.54) is 0 Å². The molecule has 1 aliphatic heterocycles. The minimum atomic E-state index is -0.382. The fourth-order valence-corrected chi connectivity index (χ4v) is 1.80. The van der Waals surface area contributed by atoms with Gasteiger partial charge in [0, 0.05) is 5.69 Å². The highest BCUT2D eigenvalue weighted by Crippen LogP contribution is 2.26. The fourth-order valence-electron chi connectivity index (χ4n) is 1.80. The zero-order valence-corrected chi connectivity index (χ0v) is 9.75. The first-order chi connectivity index (χ1) is 7.61. The highest BCUT2D eigenvalue weighted by atomic mass is 16.6. The third-order valence-electron chi connectivity index (χ3n) is 2.61. The topological polar surface area (TPSA) is 32.8 Å². The Bertz CT molecular complexity index is 378. The molecule has 16 heavy (non-hydrogen) atoms. The number of hydrogen-bond acceptors (Lipinski definition) is 3. The lowest BCUT2D eigenvalue weighted by molar-refractivity contribution is -0.122. The van der Waals surface area contributed by atoms with Crippen molar-refractivity contribution in [3.05, 3.63) is 30.3 Å². The zero-order valence-electron chi connectivity index (χ0n) is 9.75. The molecule has 0 saturated carbocycles. The Morgan fingerprint density at radius 2 is 1.88 bits per heavy atom. The molecule has 0 N–H and O–H groups in total. The van der Waals surface area contributed by atoms with Crippen LogP contribution in [0.1, 0.15) is 6.92 Å². The van der Waals surface area contributed by atoms with Gasteiger partial charge in [0.25, 0.3) is 5.91 Å². The van der Waals surface area contributed by atoms with Crippen LogP contribution in [0, 0.1) is 0 Å². The fraction of sp³-hybridized carbons (Fsp3) is 0.417. The van der Waals surface area contributed by atoms with Gasteiger partial charge in [0.2, 0.25) is 0 Å². The SMILES string of the molecule is C[C@@H]1OC(N(C)C)N(c2ccccc2)C1=O. The molecular weight excluding hydrogens is 204 g/mol. The standard InChI is InChI=1S/C12H16N2O2/c1-9-11(15)14(12(16-9)13(2)3)10-7-5-4-6-8-10/h4-9,12H,1-3H3/t9-,12?/m0/s1. The lowest BCUT2D eigenvalue weighted by atomic mass is 10.2. The highest BCUT2D eigenvalue weighted by molar-refractivity contribution is 5.98. The van der Waals surface area contributed by atoms with Crippen molar-refractivity contribution >= 4 is 11.6 Å². The van der Waals surface area contributed by atoms with Gasteiger partial charge in [-0.2, -0.15) is 0 Å². The minimum absolute atomic E-state index is 0.00454. The molecule has 2 atom stereocenters. The minimum Gasteiger partial charge on any atom is -0.332 e. The molecule has 0 aromatic heterocycles. The monoisotopic (exact) mass is 220 g/mol. The van der Waals surface area contributed by atoms with E-state index in [-0.39, 0.29) is 18.4 Å². The molecule has 0 radical (unpaired) electrons. The summed E-state index contributed by atoms with van der Waals surface area (Å²) >= 11 is 0. The molecule has 1 aromatic carbocycles. The third-order valence-corrected chi connectivity index (χ3v) is 2.61. The van der Waals surface area contributed by atoms with E-state index in [4.69, 9.17) is 4.74 Å². The maximum Gasteiger partial charge on any atom is 0.259 e. The molecule has 0 aliphatic carbocycles. The van der Waals surface area contributed by atoms with Crippen LogP contribution in [-0.4, -0.2) is 37.4 Å². The van der Waals surface area contributed by atoms with Crippen molar-refractivity contribution in [1.82, 2.24) is 4.90 Å². The van der Waals surface area contributed by atoms with Crippen LogP contribution in [0.25, 0.3) is 0 Å². The predicted octanol–water partition coefficient (Wildman–Crippen LogP) is 1.28. The number of amides is 1. The molecule has 1 aliphatic rings. The summed E-state index contributed by atoms with van der Waals surface area (Å²) in [4.78, 5) is 15.6.